The van der Waals surface area contributed by atoms with Crippen LogP contribution < -0.4 is 10.6 Å². The summed E-state index contributed by atoms with van der Waals surface area (Å²) in [6.07, 6.45) is 4.89. The molecule has 0 unspecified atom stereocenters. The van der Waals surface area contributed by atoms with E-state index in [1.807, 2.05) is 12.1 Å². The van der Waals surface area contributed by atoms with Gasteiger partial charge in [0.15, 0.2) is 6.10 Å². The average molecular weight is 457 g/mol. The molecule has 2 aromatic heterocycles. The van der Waals surface area contributed by atoms with Crippen LogP contribution >= 0.6 is 11.3 Å². The van der Waals surface area contributed by atoms with E-state index in [4.69, 9.17) is 4.74 Å². The molecule has 1 amide bonds. The Labute approximate surface area is 189 Å². The molecule has 10 heteroatoms. The molecule has 1 aromatic carbocycles. The van der Waals surface area contributed by atoms with Crippen molar-refractivity contribution in [2.45, 2.75) is 50.7 Å². The van der Waals surface area contributed by atoms with Crippen LogP contribution in [-0.2, 0) is 9.53 Å². The second-order valence-corrected chi connectivity index (χ2v) is 8.84. The zero-order chi connectivity index (χ0) is 22.5. The van der Waals surface area contributed by atoms with Gasteiger partial charge < -0.3 is 10.1 Å². The van der Waals surface area contributed by atoms with Crippen molar-refractivity contribution in [1.29, 1.82) is 0 Å². The zero-order valence-corrected chi connectivity index (χ0v) is 18.7. The zero-order valence-electron chi connectivity index (χ0n) is 17.9. The first-order valence-electron chi connectivity index (χ1n) is 10.5. The number of aromatic nitrogens is 4. The maximum absolute atomic E-state index is 13.5. The van der Waals surface area contributed by atoms with E-state index in [1.165, 1.54) is 24.5 Å². The fraction of sp³-hybridized carbons (Fsp3) is 0.409. The first-order valence-corrected chi connectivity index (χ1v) is 11.3. The van der Waals surface area contributed by atoms with Crippen LogP contribution in [0.2, 0.25) is 0 Å². The molecule has 0 saturated heterocycles. The van der Waals surface area contributed by atoms with Crippen molar-refractivity contribution in [1.82, 2.24) is 20.4 Å². The number of benzene rings is 1. The van der Waals surface area contributed by atoms with Gasteiger partial charge in [-0.2, -0.15) is 10.2 Å². The third-order valence-corrected chi connectivity index (χ3v) is 6.45. The van der Waals surface area contributed by atoms with Gasteiger partial charge in [0.25, 0.3) is 5.91 Å². The highest BCUT2D eigenvalue weighted by atomic mass is 32.1. The van der Waals surface area contributed by atoms with Gasteiger partial charge in [-0.15, -0.1) is 10.2 Å². The van der Waals surface area contributed by atoms with Crippen LogP contribution in [-0.4, -0.2) is 39.5 Å². The Balaban J connectivity index is 1.31. The predicted molar refractivity (Wildman–Crippen MR) is 120 cm³/mol. The van der Waals surface area contributed by atoms with Crippen molar-refractivity contribution in [3.8, 4) is 0 Å². The molecule has 4 rings (SSSR count). The molecule has 1 aliphatic rings. The monoisotopic (exact) mass is 456 g/mol. The van der Waals surface area contributed by atoms with E-state index >= 15 is 0 Å². The third kappa shape index (κ3) is 5.25. The Morgan fingerprint density at radius 3 is 2.62 bits per heavy atom. The molecule has 2 N–H and O–H groups in total. The van der Waals surface area contributed by atoms with Crippen LogP contribution in [0.25, 0.3) is 0 Å². The van der Waals surface area contributed by atoms with Gasteiger partial charge in [-0.3, -0.25) is 10.1 Å². The van der Waals surface area contributed by atoms with Crippen LogP contribution in [0.15, 0.2) is 36.5 Å². The summed E-state index contributed by atoms with van der Waals surface area (Å²) in [5, 5.41) is 23.6. The second-order valence-electron chi connectivity index (χ2n) is 7.87. The molecule has 1 aliphatic carbocycles. The number of rotatable bonds is 7. The molecule has 0 bridgehead atoms. The van der Waals surface area contributed by atoms with E-state index in [2.05, 4.69) is 31.0 Å². The van der Waals surface area contributed by atoms with E-state index in [9.17, 15) is 9.18 Å². The highest BCUT2D eigenvalue weighted by Crippen LogP contribution is 2.33. The van der Waals surface area contributed by atoms with Crippen molar-refractivity contribution in [3.63, 3.8) is 0 Å². The number of hydrogen-bond donors (Lipinski definition) is 2. The molecule has 8 nitrogen and oxygen atoms in total. The van der Waals surface area contributed by atoms with Crippen molar-refractivity contribution in [3.05, 3.63) is 59.2 Å². The lowest BCUT2D eigenvalue weighted by Crippen LogP contribution is -2.25. The Hall–Kier alpha value is -2.98. The Morgan fingerprint density at radius 2 is 1.94 bits per heavy atom. The number of methoxy groups -OCH3 is 1. The van der Waals surface area contributed by atoms with Crippen LogP contribution in [0, 0.1) is 12.7 Å². The summed E-state index contributed by atoms with van der Waals surface area (Å²) in [4.78, 5) is 12.7. The van der Waals surface area contributed by atoms with Crippen molar-refractivity contribution in [2.24, 2.45) is 0 Å². The Morgan fingerprint density at radius 1 is 1.16 bits per heavy atom. The van der Waals surface area contributed by atoms with Crippen LogP contribution in [0.1, 0.15) is 54.5 Å². The fourth-order valence-electron chi connectivity index (χ4n) is 3.97. The van der Waals surface area contributed by atoms with E-state index < -0.39 is 6.10 Å². The van der Waals surface area contributed by atoms with E-state index in [-0.39, 0.29) is 11.7 Å². The predicted octanol–water partition coefficient (Wildman–Crippen LogP) is 4.24. The largest absolute Gasteiger partial charge is 0.367 e. The number of carbonyl (C=O) groups excluding carboxylic acids is 1. The van der Waals surface area contributed by atoms with Crippen molar-refractivity contribution in [2.75, 3.05) is 17.7 Å². The topological polar surface area (TPSA) is 102 Å². The molecule has 1 fully saturated rings. The summed E-state index contributed by atoms with van der Waals surface area (Å²) in [7, 11) is 1.44. The van der Waals surface area contributed by atoms with Gasteiger partial charge in [0, 0.05) is 25.3 Å². The highest BCUT2D eigenvalue weighted by Gasteiger charge is 2.25. The molecule has 168 valence electrons. The Kier molecular flexibility index (Phi) is 7.01. The lowest BCUT2D eigenvalue weighted by molar-refractivity contribution is -0.126. The molecular formula is C22H25FN6O2S. The minimum absolute atomic E-state index is 0.299. The van der Waals surface area contributed by atoms with Gasteiger partial charge in [0.2, 0.25) is 10.3 Å². The van der Waals surface area contributed by atoms with Crippen LogP contribution in [0.4, 0.5) is 14.7 Å². The maximum Gasteiger partial charge on any atom is 0.259 e. The number of hydrogen-bond acceptors (Lipinski definition) is 8. The summed E-state index contributed by atoms with van der Waals surface area (Å²) in [6.45, 7) is 1.65. The van der Waals surface area contributed by atoms with Crippen molar-refractivity contribution >= 4 is 27.5 Å². The minimum atomic E-state index is -0.869. The molecule has 1 saturated carbocycles. The molecule has 3 aromatic rings. The Bertz CT molecular complexity index is 1060. The van der Waals surface area contributed by atoms with E-state index in [0.29, 0.717) is 33.3 Å². The lowest BCUT2D eigenvalue weighted by atomic mass is 9.84. The summed E-state index contributed by atoms with van der Waals surface area (Å²) < 4.78 is 18.9. The molecule has 32 heavy (non-hydrogen) atoms. The van der Waals surface area contributed by atoms with Crippen molar-refractivity contribution < 1.29 is 13.9 Å². The molecule has 0 radical (unpaired) electrons. The number of aryl methyl sites for hydroxylation is 1. The molecule has 0 spiro atoms. The summed E-state index contributed by atoms with van der Waals surface area (Å²) in [5.74, 6) is -0.271. The fourth-order valence-corrected chi connectivity index (χ4v) is 4.69. The number of nitrogens with one attached hydrogen (secondary N) is 2. The van der Waals surface area contributed by atoms with Gasteiger partial charge in [-0.05, 0) is 61.9 Å². The van der Waals surface area contributed by atoms with Gasteiger partial charge in [0.1, 0.15) is 5.82 Å². The summed E-state index contributed by atoms with van der Waals surface area (Å²) in [5.41, 5.74) is 2.08. The standard InChI is InChI=1S/C22H25FN6O2S/c1-13-12-15(7-10-17(13)23)19(31-2)20(30)26-22-29-28-21(32-22)25-16-8-5-14(6-9-16)18-4-3-11-24-27-18/h3-4,7,10-12,14,16,19H,5-6,8-9H2,1-2H3,(H,25,28)(H,26,29,30)/t14?,16?,19-/m1/s1. The first-order chi connectivity index (χ1) is 15.5. The molecule has 1 atom stereocenters. The lowest BCUT2D eigenvalue weighted by Gasteiger charge is -2.28. The van der Waals surface area contributed by atoms with Gasteiger partial charge in [0.05, 0.1) is 5.69 Å². The van der Waals surface area contributed by atoms with Gasteiger partial charge in [-0.25, -0.2) is 4.39 Å². The third-order valence-electron chi connectivity index (χ3n) is 5.68. The van der Waals surface area contributed by atoms with Crippen LogP contribution in [0.5, 0.6) is 0 Å². The highest BCUT2D eigenvalue weighted by molar-refractivity contribution is 7.19. The second kappa shape index (κ2) is 10.1. The van der Waals surface area contributed by atoms with Gasteiger partial charge >= 0.3 is 0 Å². The average Bonchev–Trinajstić information content (AvgIpc) is 3.24. The summed E-state index contributed by atoms with van der Waals surface area (Å²) in [6, 6.07) is 8.73. The molecular weight excluding hydrogens is 431 g/mol. The number of nitrogens with zero attached hydrogens (tertiary/aromatic N) is 4. The number of halogens is 1. The minimum Gasteiger partial charge on any atom is -0.367 e. The first kappa shape index (κ1) is 22.2. The normalized spacial score (nSPS) is 19.3. The van der Waals surface area contributed by atoms with Crippen LogP contribution in [0.3, 0.4) is 0 Å². The summed E-state index contributed by atoms with van der Waals surface area (Å²) >= 11 is 1.28. The smallest absolute Gasteiger partial charge is 0.259 e. The van der Waals surface area contributed by atoms with Gasteiger partial charge in [-0.1, -0.05) is 23.5 Å². The number of anilines is 2. The maximum atomic E-state index is 13.5. The van der Waals surface area contributed by atoms with E-state index in [1.54, 1.807) is 25.3 Å². The number of amides is 1. The van der Waals surface area contributed by atoms with E-state index in [0.717, 1.165) is 31.4 Å². The SMILES string of the molecule is CO[C@@H](C(=O)Nc1nnc(NC2CCC(c3cccnn3)CC2)s1)c1ccc(F)c(C)c1. The number of ether oxygens (including phenoxy) is 1. The quantitative estimate of drug-likeness (QED) is 0.548. The molecule has 0 aliphatic heterocycles. The molecule has 2 heterocycles. The number of carbonyl (C=O) groups is 1.